The van der Waals surface area contributed by atoms with Crippen LogP contribution in [0.2, 0.25) is 0 Å². The Hall–Kier alpha value is -1.95. The van der Waals surface area contributed by atoms with Crippen LogP contribution in [0.5, 0.6) is 0 Å². The molecule has 146 valence electrons. The van der Waals surface area contributed by atoms with Crippen LogP contribution in [-0.4, -0.2) is 39.0 Å². The van der Waals surface area contributed by atoms with E-state index in [9.17, 15) is 4.79 Å². The highest BCUT2D eigenvalue weighted by atomic mass is 16.5. The van der Waals surface area contributed by atoms with Crippen LogP contribution in [0.15, 0.2) is 12.4 Å². The summed E-state index contributed by atoms with van der Waals surface area (Å²) >= 11 is 0. The lowest BCUT2D eigenvalue weighted by Gasteiger charge is -2.35. The minimum absolute atomic E-state index is 0.107. The van der Waals surface area contributed by atoms with E-state index in [4.69, 9.17) is 4.74 Å². The van der Waals surface area contributed by atoms with E-state index in [1.165, 1.54) is 19.3 Å². The molecule has 6 nitrogen and oxygen atoms in total. The lowest BCUT2D eigenvalue weighted by molar-refractivity contribution is -0.0263. The Balaban J connectivity index is 1.43. The van der Waals surface area contributed by atoms with Gasteiger partial charge in [-0.2, -0.15) is 0 Å². The zero-order valence-corrected chi connectivity index (χ0v) is 16.6. The van der Waals surface area contributed by atoms with E-state index in [-0.39, 0.29) is 11.9 Å². The van der Waals surface area contributed by atoms with Crippen molar-refractivity contribution in [1.29, 1.82) is 0 Å². The number of aromatic nitrogens is 3. The summed E-state index contributed by atoms with van der Waals surface area (Å²) in [5.41, 5.74) is 3.00. The first kappa shape index (κ1) is 18.4. The SMILES string of the molecule is CCCCO[C@@H]1[C@@H]2CC[C@H]1C[C@H](NC(=O)c1ncn3c(C)cc(C)nc13)C2. The monoisotopic (exact) mass is 370 g/mol. The maximum Gasteiger partial charge on any atom is 0.274 e. The molecular weight excluding hydrogens is 340 g/mol. The lowest BCUT2D eigenvalue weighted by atomic mass is 9.82. The summed E-state index contributed by atoms with van der Waals surface area (Å²) in [5.74, 6) is 1.05. The molecule has 4 atom stereocenters. The Morgan fingerprint density at radius 1 is 1.30 bits per heavy atom. The van der Waals surface area contributed by atoms with Crippen LogP contribution in [-0.2, 0) is 4.74 Å². The number of ether oxygens (including phenoxy) is 1. The second-order valence-corrected chi connectivity index (χ2v) is 8.25. The summed E-state index contributed by atoms with van der Waals surface area (Å²) < 4.78 is 8.06. The Labute approximate surface area is 160 Å². The normalized spacial score (nSPS) is 27.2. The smallest absolute Gasteiger partial charge is 0.274 e. The number of nitrogens with zero attached hydrogens (tertiary/aromatic N) is 3. The molecule has 2 aromatic rings. The molecule has 0 spiro atoms. The summed E-state index contributed by atoms with van der Waals surface area (Å²) in [7, 11) is 0. The van der Waals surface area contributed by atoms with Gasteiger partial charge in [0.2, 0.25) is 0 Å². The molecule has 6 heteroatoms. The maximum atomic E-state index is 12.9. The quantitative estimate of drug-likeness (QED) is 0.791. The first-order valence-corrected chi connectivity index (χ1v) is 10.3. The third-order valence-corrected chi connectivity index (χ3v) is 6.19. The molecule has 0 radical (unpaired) electrons. The van der Waals surface area contributed by atoms with E-state index < -0.39 is 0 Å². The van der Waals surface area contributed by atoms with Gasteiger partial charge in [0, 0.05) is 24.0 Å². The van der Waals surface area contributed by atoms with Crippen molar-refractivity contribution >= 4 is 11.6 Å². The van der Waals surface area contributed by atoms with Gasteiger partial charge in [-0.15, -0.1) is 0 Å². The fourth-order valence-corrected chi connectivity index (χ4v) is 4.92. The molecule has 1 amide bonds. The topological polar surface area (TPSA) is 68.5 Å². The predicted molar refractivity (Wildman–Crippen MR) is 104 cm³/mol. The van der Waals surface area contributed by atoms with Gasteiger partial charge in [-0.25, -0.2) is 9.97 Å². The van der Waals surface area contributed by atoms with Gasteiger partial charge in [0.25, 0.3) is 5.91 Å². The van der Waals surface area contributed by atoms with Crippen molar-refractivity contribution in [1.82, 2.24) is 19.7 Å². The van der Waals surface area contributed by atoms with Crippen LogP contribution >= 0.6 is 0 Å². The number of fused-ring (bicyclic) bond motifs is 3. The van der Waals surface area contributed by atoms with Gasteiger partial charge in [-0.1, -0.05) is 13.3 Å². The highest BCUT2D eigenvalue weighted by molar-refractivity contribution is 5.98. The molecule has 0 aliphatic heterocycles. The highest BCUT2D eigenvalue weighted by Gasteiger charge is 2.43. The van der Waals surface area contributed by atoms with Crippen LogP contribution in [0.25, 0.3) is 5.65 Å². The third-order valence-electron chi connectivity index (χ3n) is 6.19. The zero-order valence-electron chi connectivity index (χ0n) is 16.6. The van der Waals surface area contributed by atoms with Crippen LogP contribution in [0.1, 0.15) is 67.3 Å². The second-order valence-electron chi connectivity index (χ2n) is 8.25. The van der Waals surface area contributed by atoms with Gasteiger partial charge >= 0.3 is 0 Å². The van der Waals surface area contributed by atoms with Crippen molar-refractivity contribution in [3.63, 3.8) is 0 Å². The highest BCUT2D eigenvalue weighted by Crippen LogP contribution is 2.44. The van der Waals surface area contributed by atoms with Gasteiger partial charge < -0.3 is 10.1 Å². The summed E-state index contributed by atoms with van der Waals surface area (Å²) in [5, 5.41) is 3.23. The van der Waals surface area contributed by atoms with Crippen molar-refractivity contribution in [2.75, 3.05) is 6.61 Å². The average molecular weight is 370 g/mol. The van der Waals surface area contributed by atoms with Gasteiger partial charge in [0.1, 0.15) is 6.33 Å². The molecule has 2 fully saturated rings. The molecule has 2 aliphatic rings. The number of carbonyl (C=O) groups is 1. The molecule has 0 unspecified atom stereocenters. The minimum Gasteiger partial charge on any atom is -0.378 e. The predicted octanol–water partition coefficient (Wildman–Crippen LogP) is 3.45. The molecule has 0 aromatic carbocycles. The van der Waals surface area contributed by atoms with E-state index in [0.29, 0.717) is 29.3 Å². The minimum atomic E-state index is -0.107. The zero-order chi connectivity index (χ0) is 19.0. The molecule has 27 heavy (non-hydrogen) atoms. The molecule has 2 saturated carbocycles. The number of unbranched alkanes of at least 4 members (excludes halogenated alkanes) is 1. The number of hydrogen-bond donors (Lipinski definition) is 1. The number of imidazole rings is 1. The van der Waals surface area contributed by atoms with Crippen LogP contribution in [0.4, 0.5) is 0 Å². The Morgan fingerprint density at radius 2 is 2.04 bits per heavy atom. The molecule has 0 saturated heterocycles. The van der Waals surface area contributed by atoms with Crippen molar-refractivity contribution in [3.05, 3.63) is 29.5 Å². The number of nitrogens with one attached hydrogen (secondary N) is 1. The average Bonchev–Trinajstić information content (AvgIpc) is 3.14. The number of carbonyl (C=O) groups excluding carboxylic acids is 1. The summed E-state index contributed by atoms with van der Waals surface area (Å²) in [6.07, 6.45) is 8.86. The summed E-state index contributed by atoms with van der Waals surface area (Å²) in [4.78, 5) is 21.7. The molecule has 2 aliphatic carbocycles. The van der Waals surface area contributed by atoms with Crippen LogP contribution in [0, 0.1) is 25.7 Å². The Bertz CT molecular complexity index is 817. The fraction of sp³-hybridized carbons (Fsp3) is 0.667. The number of hydrogen-bond acceptors (Lipinski definition) is 4. The fourth-order valence-electron chi connectivity index (χ4n) is 4.92. The van der Waals surface area contributed by atoms with Crippen molar-refractivity contribution in [2.45, 2.75) is 71.4 Å². The van der Waals surface area contributed by atoms with Crippen molar-refractivity contribution in [2.24, 2.45) is 11.8 Å². The summed E-state index contributed by atoms with van der Waals surface area (Å²) in [6.45, 7) is 7.01. The van der Waals surface area contributed by atoms with E-state index in [1.807, 2.05) is 24.3 Å². The summed E-state index contributed by atoms with van der Waals surface area (Å²) in [6, 6.07) is 2.21. The van der Waals surface area contributed by atoms with E-state index in [2.05, 4.69) is 22.2 Å². The van der Waals surface area contributed by atoms with Gasteiger partial charge in [0.05, 0.1) is 6.10 Å². The molecule has 1 N–H and O–H groups in total. The number of aryl methyl sites for hydroxylation is 2. The molecule has 2 heterocycles. The molecule has 2 bridgehead atoms. The van der Waals surface area contributed by atoms with Gasteiger partial charge in [0.15, 0.2) is 11.3 Å². The lowest BCUT2D eigenvalue weighted by Crippen LogP contribution is -2.44. The van der Waals surface area contributed by atoms with Crippen LogP contribution < -0.4 is 5.32 Å². The van der Waals surface area contributed by atoms with E-state index in [1.54, 1.807) is 6.33 Å². The molecule has 2 aromatic heterocycles. The van der Waals surface area contributed by atoms with Crippen LogP contribution in [0.3, 0.4) is 0 Å². The van der Waals surface area contributed by atoms with Crippen molar-refractivity contribution in [3.8, 4) is 0 Å². The van der Waals surface area contributed by atoms with E-state index in [0.717, 1.165) is 37.3 Å². The van der Waals surface area contributed by atoms with Gasteiger partial charge in [-0.3, -0.25) is 9.20 Å². The van der Waals surface area contributed by atoms with Crippen molar-refractivity contribution < 1.29 is 9.53 Å². The largest absolute Gasteiger partial charge is 0.378 e. The molecular formula is C21H30N4O2. The third kappa shape index (κ3) is 3.59. The number of amides is 1. The maximum absolute atomic E-state index is 12.9. The standard InChI is InChI=1S/C21H30N4O2/c1-4-5-8-27-19-15-6-7-16(19)11-17(10-15)24-21(26)18-20-23-13(2)9-14(3)25(20)12-22-18/h9,12,15-17,19H,4-8,10-11H2,1-3H3,(H,24,26)/t15-,16+,17-,19-. The Kier molecular flexibility index (Phi) is 5.17. The van der Waals surface area contributed by atoms with Gasteiger partial charge in [-0.05, 0) is 63.9 Å². The molecule has 4 rings (SSSR count). The first-order chi connectivity index (χ1) is 13.1. The number of rotatable bonds is 6. The first-order valence-electron chi connectivity index (χ1n) is 10.3. The Morgan fingerprint density at radius 3 is 2.74 bits per heavy atom. The van der Waals surface area contributed by atoms with E-state index >= 15 is 0 Å². The second kappa shape index (κ2) is 7.58.